The summed E-state index contributed by atoms with van der Waals surface area (Å²) in [6.07, 6.45) is 2.19. The molecule has 3 rings (SSSR count). The van der Waals surface area contributed by atoms with Crippen molar-refractivity contribution in [3.8, 4) is 5.75 Å². The Kier molecular flexibility index (Phi) is 2.60. The maximum atomic E-state index is 12.0. The summed E-state index contributed by atoms with van der Waals surface area (Å²) in [5, 5.41) is 12.0. The van der Waals surface area contributed by atoms with Crippen molar-refractivity contribution in [3.63, 3.8) is 0 Å². The van der Waals surface area contributed by atoms with Gasteiger partial charge in [0.1, 0.15) is 16.7 Å². The van der Waals surface area contributed by atoms with E-state index >= 15 is 0 Å². The van der Waals surface area contributed by atoms with Crippen molar-refractivity contribution in [2.45, 2.75) is 6.42 Å². The number of fused-ring (bicyclic) bond motifs is 3. The number of aromatic hydroxyl groups is 1. The summed E-state index contributed by atoms with van der Waals surface area (Å²) >= 11 is 0. The minimum absolute atomic E-state index is 0.0168. The number of hydrogen-bond acceptors (Lipinski definition) is 3. The molecule has 0 saturated heterocycles. The number of phenolic OH excluding ortho intramolecular Hbond substituents is 1. The fraction of sp³-hybridized carbons (Fsp3) is 0.0625. The Morgan fingerprint density at radius 3 is 2.74 bits per heavy atom. The van der Waals surface area contributed by atoms with Crippen LogP contribution in [0.3, 0.4) is 0 Å². The van der Waals surface area contributed by atoms with Crippen LogP contribution in [0.15, 0.2) is 58.3 Å². The van der Waals surface area contributed by atoms with Gasteiger partial charge in [-0.3, -0.25) is 0 Å². The van der Waals surface area contributed by atoms with Gasteiger partial charge in [-0.2, -0.15) is 0 Å². The summed E-state index contributed by atoms with van der Waals surface area (Å²) in [4.78, 5) is 12.0. The van der Waals surface area contributed by atoms with E-state index in [0.29, 0.717) is 23.0 Å². The summed E-state index contributed by atoms with van der Waals surface area (Å²) < 4.78 is 5.25. The average molecular weight is 252 g/mol. The molecule has 0 radical (unpaired) electrons. The van der Waals surface area contributed by atoms with Gasteiger partial charge in [-0.1, -0.05) is 36.4 Å². The average Bonchev–Trinajstić information content (AvgIpc) is 2.41. The molecule has 2 aromatic carbocycles. The molecule has 0 unspecified atom stereocenters. The van der Waals surface area contributed by atoms with Gasteiger partial charge in [0.2, 0.25) is 0 Å². The predicted octanol–water partition coefficient (Wildman–Crippen LogP) is 3.38. The van der Waals surface area contributed by atoms with Crippen LogP contribution in [0, 0.1) is 0 Å². The van der Waals surface area contributed by atoms with Crippen molar-refractivity contribution >= 4 is 21.7 Å². The van der Waals surface area contributed by atoms with Crippen LogP contribution in [-0.4, -0.2) is 5.11 Å². The van der Waals surface area contributed by atoms with Crippen LogP contribution >= 0.6 is 0 Å². The fourth-order valence-corrected chi connectivity index (χ4v) is 2.31. The lowest BCUT2D eigenvalue weighted by atomic mass is 10.0. The maximum absolute atomic E-state index is 12.0. The summed E-state index contributed by atoms with van der Waals surface area (Å²) in [6.45, 7) is 3.64. The molecule has 0 atom stereocenters. The third-order valence-electron chi connectivity index (χ3n) is 3.21. The van der Waals surface area contributed by atoms with Gasteiger partial charge in [-0.05, 0) is 18.1 Å². The van der Waals surface area contributed by atoms with Gasteiger partial charge in [-0.15, -0.1) is 6.58 Å². The minimum atomic E-state index is -0.517. The van der Waals surface area contributed by atoms with Gasteiger partial charge in [0, 0.05) is 10.8 Å². The maximum Gasteiger partial charge on any atom is 0.347 e. The standard InChI is InChI=1S/C16H12O3/c1-2-5-10-8-9-12-11-6-3-4-7-13(11)19-16(18)14(12)15(10)17/h2-4,6-9,17H,1,5H2. The lowest BCUT2D eigenvalue weighted by Crippen LogP contribution is -2.01. The van der Waals surface area contributed by atoms with E-state index < -0.39 is 5.63 Å². The van der Waals surface area contributed by atoms with Crippen molar-refractivity contribution in [3.05, 3.63) is 65.0 Å². The second-order valence-electron chi connectivity index (χ2n) is 4.37. The molecule has 0 aliphatic carbocycles. The monoisotopic (exact) mass is 252 g/mol. The Morgan fingerprint density at radius 2 is 1.95 bits per heavy atom. The molecule has 0 fully saturated rings. The first-order chi connectivity index (χ1) is 9.22. The van der Waals surface area contributed by atoms with Crippen molar-refractivity contribution in [1.29, 1.82) is 0 Å². The van der Waals surface area contributed by atoms with E-state index in [0.717, 1.165) is 5.39 Å². The zero-order chi connectivity index (χ0) is 13.4. The van der Waals surface area contributed by atoms with Crippen LogP contribution in [0.5, 0.6) is 5.75 Å². The molecule has 3 nitrogen and oxygen atoms in total. The molecule has 0 saturated carbocycles. The Hall–Kier alpha value is -2.55. The van der Waals surface area contributed by atoms with Gasteiger partial charge in [0.15, 0.2) is 0 Å². The van der Waals surface area contributed by atoms with Crippen LogP contribution in [0.2, 0.25) is 0 Å². The van der Waals surface area contributed by atoms with Crippen molar-refractivity contribution in [2.24, 2.45) is 0 Å². The molecule has 94 valence electrons. The lowest BCUT2D eigenvalue weighted by Gasteiger charge is -2.07. The topological polar surface area (TPSA) is 50.4 Å². The predicted molar refractivity (Wildman–Crippen MR) is 75.6 cm³/mol. The third-order valence-corrected chi connectivity index (χ3v) is 3.21. The van der Waals surface area contributed by atoms with Crippen LogP contribution in [-0.2, 0) is 6.42 Å². The van der Waals surface area contributed by atoms with Crippen molar-refractivity contribution < 1.29 is 9.52 Å². The molecule has 1 N–H and O–H groups in total. The number of para-hydroxylation sites is 1. The van der Waals surface area contributed by atoms with Crippen molar-refractivity contribution in [2.75, 3.05) is 0 Å². The highest BCUT2D eigenvalue weighted by atomic mass is 16.4. The Bertz CT molecular complexity index is 844. The molecule has 1 aromatic heterocycles. The fourth-order valence-electron chi connectivity index (χ4n) is 2.31. The van der Waals surface area contributed by atoms with E-state index in [2.05, 4.69) is 6.58 Å². The number of allylic oxidation sites excluding steroid dienone is 1. The molecule has 1 heterocycles. The van der Waals surface area contributed by atoms with Crippen LogP contribution in [0.4, 0.5) is 0 Å². The van der Waals surface area contributed by atoms with Gasteiger partial charge in [0.05, 0.1) is 0 Å². The molecule has 3 heteroatoms. The smallest absolute Gasteiger partial charge is 0.347 e. The molecule has 0 aliphatic heterocycles. The number of hydrogen-bond donors (Lipinski definition) is 1. The summed E-state index contributed by atoms with van der Waals surface area (Å²) in [7, 11) is 0. The number of rotatable bonds is 2. The first kappa shape index (κ1) is 11.5. The molecule has 3 aromatic rings. The molecule has 0 spiro atoms. The van der Waals surface area contributed by atoms with Gasteiger partial charge >= 0.3 is 5.63 Å². The highest BCUT2D eigenvalue weighted by Crippen LogP contribution is 2.31. The first-order valence-electron chi connectivity index (χ1n) is 5.99. The molecular formula is C16H12O3. The van der Waals surface area contributed by atoms with E-state index in [1.54, 1.807) is 12.1 Å². The molecule has 0 amide bonds. The van der Waals surface area contributed by atoms with E-state index in [-0.39, 0.29) is 11.1 Å². The zero-order valence-corrected chi connectivity index (χ0v) is 10.2. The first-order valence-corrected chi connectivity index (χ1v) is 5.99. The van der Waals surface area contributed by atoms with Gasteiger partial charge in [-0.25, -0.2) is 4.79 Å². The molecule has 0 aliphatic rings. The zero-order valence-electron chi connectivity index (χ0n) is 10.2. The lowest BCUT2D eigenvalue weighted by molar-refractivity contribution is 0.472. The number of benzene rings is 2. The Balaban J connectivity index is 2.51. The normalized spacial score (nSPS) is 10.9. The van der Waals surface area contributed by atoms with E-state index in [1.807, 2.05) is 30.3 Å². The summed E-state index contributed by atoms with van der Waals surface area (Å²) in [6, 6.07) is 10.9. The van der Waals surface area contributed by atoms with E-state index in [1.165, 1.54) is 0 Å². The Morgan fingerprint density at radius 1 is 1.16 bits per heavy atom. The van der Waals surface area contributed by atoms with Gasteiger partial charge in [0.25, 0.3) is 0 Å². The second kappa shape index (κ2) is 4.28. The molecule has 19 heavy (non-hydrogen) atoms. The van der Waals surface area contributed by atoms with E-state index in [9.17, 15) is 9.90 Å². The summed E-state index contributed by atoms with van der Waals surface area (Å²) in [5.74, 6) is -0.0168. The largest absolute Gasteiger partial charge is 0.507 e. The highest BCUT2D eigenvalue weighted by Gasteiger charge is 2.13. The van der Waals surface area contributed by atoms with Crippen LogP contribution in [0.1, 0.15) is 5.56 Å². The quantitative estimate of drug-likeness (QED) is 0.432. The summed E-state index contributed by atoms with van der Waals surface area (Å²) in [5.41, 5.74) is 0.679. The van der Waals surface area contributed by atoms with Gasteiger partial charge < -0.3 is 9.52 Å². The Labute approximate surface area is 109 Å². The highest BCUT2D eigenvalue weighted by molar-refractivity contribution is 6.06. The molecule has 0 bridgehead atoms. The second-order valence-corrected chi connectivity index (χ2v) is 4.37. The molecular weight excluding hydrogens is 240 g/mol. The minimum Gasteiger partial charge on any atom is -0.507 e. The van der Waals surface area contributed by atoms with Crippen LogP contribution < -0.4 is 5.63 Å². The van der Waals surface area contributed by atoms with Crippen LogP contribution in [0.25, 0.3) is 21.7 Å². The number of phenols is 1. The third kappa shape index (κ3) is 1.71. The van der Waals surface area contributed by atoms with Crippen molar-refractivity contribution in [1.82, 2.24) is 0 Å². The van der Waals surface area contributed by atoms with E-state index in [4.69, 9.17) is 4.42 Å². The SMILES string of the molecule is C=CCc1ccc2c(c1O)c(=O)oc1ccccc12.